The van der Waals surface area contributed by atoms with Crippen molar-refractivity contribution in [2.75, 3.05) is 0 Å². The molecule has 0 bridgehead atoms. The van der Waals surface area contributed by atoms with Crippen molar-refractivity contribution in [3.63, 3.8) is 0 Å². The maximum Gasteiger partial charge on any atom is 0.329 e. The molecular formula is C18H22N2O3. The Morgan fingerprint density at radius 1 is 1.17 bits per heavy atom. The van der Waals surface area contributed by atoms with Crippen molar-refractivity contribution >= 4 is 16.7 Å². The number of hydrogen-bond acceptors (Lipinski definition) is 3. The number of ketones is 1. The van der Waals surface area contributed by atoms with E-state index in [0.717, 1.165) is 31.2 Å². The Hall–Kier alpha value is -2.17. The molecule has 23 heavy (non-hydrogen) atoms. The monoisotopic (exact) mass is 314 g/mol. The van der Waals surface area contributed by atoms with Crippen LogP contribution in [-0.2, 0) is 11.2 Å². The number of nitrogens with zero attached hydrogens (tertiary/aromatic N) is 1. The number of nitrogens with one attached hydrogen (secondary N) is 1. The van der Waals surface area contributed by atoms with Crippen LogP contribution >= 0.6 is 0 Å². The molecule has 1 aromatic carbocycles. The Kier molecular flexibility index (Phi) is 4.46. The molecule has 0 amide bonds. The van der Waals surface area contributed by atoms with E-state index >= 15 is 0 Å². The first-order valence-electron chi connectivity index (χ1n) is 8.33. The van der Waals surface area contributed by atoms with E-state index < -0.39 is 0 Å². The van der Waals surface area contributed by atoms with Crippen LogP contribution in [0.5, 0.6) is 0 Å². The van der Waals surface area contributed by atoms with E-state index in [1.54, 1.807) is 18.2 Å². The molecule has 1 fully saturated rings. The maximum atomic E-state index is 12.9. The summed E-state index contributed by atoms with van der Waals surface area (Å²) in [6.07, 6.45) is 6.50. The zero-order chi connectivity index (χ0) is 16.4. The van der Waals surface area contributed by atoms with E-state index in [-0.39, 0.29) is 23.1 Å². The van der Waals surface area contributed by atoms with Gasteiger partial charge in [-0.15, -0.1) is 0 Å². The molecule has 0 radical (unpaired) electrons. The van der Waals surface area contributed by atoms with Crippen molar-refractivity contribution in [2.24, 2.45) is 0 Å². The van der Waals surface area contributed by atoms with Gasteiger partial charge in [-0.05, 0) is 37.5 Å². The lowest BCUT2D eigenvalue weighted by atomic mass is 10.1. The highest BCUT2D eigenvalue weighted by Crippen LogP contribution is 2.25. The normalized spacial score (nSPS) is 16.4. The molecular weight excluding hydrogens is 292 g/mol. The van der Waals surface area contributed by atoms with Gasteiger partial charge >= 0.3 is 5.69 Å². The molecule has 2 aromatic rings. The predicted molar refractivity (Wildman–Crippen MR) is 90.0 cm³/mol. The summed E-state index contributed by atoms with van der Waals surface area (Å²) in [6, 6.07) is 5.22. The standard InChI is InChI=1S/C18H22N2O3/c1-12(21)10-13-8-9-16-15(11-13)17(22)20(18(23)19-16)14-6-4-2-3-5-7-14/h8-9,11,14H,2-7,10H2,1H3,(H,19,23). The van der Waals surface area contributed by atoms with Gasteiger partial charge in [-0.2, -0.15) is 0 Å². The number of hydrogen-bond donors (Lipinski definition) is 1. The molecule has 1 aromatic heterocycles. The number of aromatic amines is 1. The highest BCUT2D eigenvalue weighted by molar-refractivity contribution is 5.82. The Bertz CT molecular complexity index is 839. The van der Waals surface area contributed by atoms with Crippen LogP contribution in [-0.4, -0.2) is 15.3 Å². The van der Waals surface area contributed by atoms with Gasteiger partial charge < -0.3 is 4.98 Å². The highest BCUT2D eigenvalue weighted by Gasteiger charge is 2.19. The van der Waals surface area contributed by atoms with E-state index in [1.165, 1.54) is 24.3 Å². The molecule has 5 heteroatoms. The first-order valence-corrected chi connectivity index (χ1v) is 8.33. The Labute approximate surface area is 134 Å². The second-order valence-electron chi connectivity index (χ2n) is 6.51. The van der Waals surface area contributed by atoms with Gasteiger partial charge in [0.05, 0.1) is 10.9 Å². The lowest BCUT2D eigenvalue weighted by molar-refractivity contribution is -0.116. The van der Waals surface area contributed by atoms with Crippen LogP contribution in [0.1, 0.15) is 57.1 Å². The molecule has 1 N–H and O–H groups in total. The molecule has 3 rings (SSSR count). The van der Waals surface area contributed by atoms with Crippen LogP contribution in [0, 0.1) is 0 Å². The summed E-state index contributed by atoms with van der Waals surface area (Å²) in [4.78, 5) is 39.4. The number of rotatable bonds is 3. The van der Waals surface area contributed by atoms with Crippen molar-refractivity contribution in [3.8, 4) is 0 Å². The minimum absolute atomic E-state index is 0.0189. The fourth-order valence-electron chi connectivity index (χ4n) is 3.52. The summed E-state index contributed by atoms with van der Waals surface area (Å²) in [7, 11) is 0. The van der Waals surface area contributed by atoms with Gasteiger partial charge in [-0.3, -0.25) is 14.2 Å². The van der Waals surface area contributed by atoms with E-state index in [4.69, 9.17) is 0 Å². The van der Waals surface area contributed by atoms with E-state index in [9.17, 15) is 14.4 Å². The molecule has 1 aliphatic rings. The average molecular weight is 314 g/mol. The van der Waals surface area contributed by atoms with Crippen molar-refractivity contribution in [3.05, 3.63) is 44.6 Å². The van der Waals surface area contributed by atoms with Gasteiger partial charge in [0.2, 0.25) is 0 Å². The van der Waals surface area contributed by atoms with Crippen molar-refractivity contribution in [1.29, 1.82) is 0 Å². The number of fused-ring (bicyclic) bond motifs is 1. The Morgan fingerprint density at radius 2 is 1.87 bits per heavy atom. The molecule has 0 spiro atoms. The smallest absolute Gasteiger partial charge is 0.307 e. The first kappa shape index (κ1) is 15.7. The van der Waals surface area contributed by atoms with Crippen molar-refractivity contribution in [2.45, 2.75) is 57.9 Å². The van der Waals surface area contributed by atoms with Gasteiger partial charge in [-0.25, -0.2) is 4.79 Å². The zero-order valence-corrected chi connectivity index (χ0v) is 13.4. The second-order valence-corrected chi connectivity index (χ2v) is 6.51. The van der Waals surface area contributed by atoms with E-state index in [0.29, 0.717) is 17.3 Å². The molecule has 5 nitrogen and oxygen atoms in total. The lowest BCUT2D eigenvalue weighted by Crippen LogP contribution is -2.38. The van der Waals surface area contributed by atoms with Crippen molar-refractivity contribution in [1.82, 2.24) is 9.55 Å². The average Bonchev–Trinajstić information content (AvgIpc) is 2.77. The summed E-state index contributed by atoms with van der Waals surface area (Å²) < 4.78 is 1.39. The van der Waals surface area contributed by atoms with Crippen molar-refractivity contribution < 1.29 is 4.79 Å². The molecule has 1 heterocycles. The third kappa shape index (κ3) is 3.28. The minimum atomic E-state index is -0.325. The maximum absolute atomic E-state index is 12.9. The fraction of sp³-hybridized carbons (Fsp3) is 0.500. The second kappa shape index (κ2) is 6.52. The minimum Gasteiger partial charge on any atom is -0.307 e. The molecule has 0 unspecified atom stereocenters. The quantitative estimate of drug-likeness (QED) is 0.885. The predicted octanol–water partition coefficient (Wildman–Crippen LogP) is 2.72. The topological polar surface area (TPSA) is 71.9 Å². The SMILES string of the molecule is CC(=O)Cc1ccc2[nH]c(=O)n(C3CCCCCC3)c(=O)c2c1. The van der Waals surface area contributed by atoms with Gasteiger partial charge in [0, 0.05) is 12.5 Å². The third-order valence-electron chi connectivity index (χ3n) is 4.64. The van der Waals surface area contributed by atoms with Crippen LogP contribution in [0.25, 0.3) is 10.9 Å². The fourth-order valence-corrected chi connectivity index (χ4v) is 3.52. The van der Waals surface area contributed by atoms with E-state index in [1.807, 2.05) is 0 Å². The summed E-state index contributed by atoms with van der Waals surface area (Å²) in [6.45, 7) is 1.53. The van der Waals surface area contributed by atoms with Gasteiger partial charge in [0.1, 0.15) is 5.78 Å². The number of H-pyrrole nitrogens is 1. The van der Waals surface area contributed by atoms with Gasteiger partial charge in [0.15, 0.2) is 0 Å². The van der Waals surface area contributed by atoms with Gasteiger partial charge in [0.25, 0.3) is 5.56 Å². The Morgan fingerprint density at radius 3 is 2.52 bits per heavy atom. The first-order chi connectivity index (χ1) is 11.1. The number of Topliss-reactive ketones (excluding diaryl/α,β-unsaturated/α-hetero) is 1. The summed E-state index contributed by atoms with van der Waals surface area (Å²) >= 11 is 0. The Balaban J connectivity index is 2.12. The van der Waals surface area contributed by atoms with Crippen LogP contribution < -0.4 is 11.2 Å². The largest absolute Gasteiger partial charge is 0.329 e. The van der Waals surface area contributed by atoms with Crippen LogP contribution in [0.4, 0.5) is 0 Å². The van der Waals surface area contributed by atoms with Crippen LogP contribution in [0.2, 0.25) is 0 Å². The summed E-state index contributed by atoms with van der Waals surface area (Å²) in [5.74, 6) is 0.0536. The number of benzene rings is 1. The van der Waals surface area contributed by atoms with Crippen LogP contribution in [0.3, 0.4) is 0 Å². The molecule has 122 valence electrons. The summed E-state index contributed by atoms with van der Waals surface area (Å²) in [5, 5.41) is 0.493. The van der Waals surface area contributed by atoms with E-state index in [2.05, 4.69) is 4.98 Å². The zero-order valence-electron chi connectivity index (χ0n) is 13.4. The molecule has 0 aliphatic heterocycles. The third-order valence-corrected chi connectivity index (χ3v) is 4.64. The van der Waals surface area contributed by atoms with Gasteiger partial charge in [-0.1, -0.05) is 31.7 Å². The molecule has 0 saturated heterocycles. The number of carbonyl (C=O) groups excluding carboxylic acids is 1. The summed E-state index contributed by atoms with van der Waals surface area (Å²) in [5.41, 5.74) is 0.786. The molecule has 1 saturated carbocycles. The highest BCUT2D eigenvalue weighted by atomic mass is 16.2. The molecule has 0 atom stereocenters. The van der Waals surface area contributed by atoms with Crippen LogP contribution in [0.15, 0.2) is 27.8 Å². The number of aromatic nitrogens is 2. The molecule has 1 aliphatic carbocycles. The lowest BCUT2D eigenvalue weighted by Gasteiger charge is -2.17. The number of carbonyl (C=O) groups is 1.